The van der Waals surface area contributed by atoms with Crippen molar-refractivity contribution in [3.8, 4) is 0 Å². The summed E-state index contributed by atoms with van der Waals surface area (Å²) in [6.45, 7) is 3.97. The summed E-state index contributed by atoms with van der Waals surface area (Å²) in [5.41, 5.74) is 1.77. The summed E-state index contributed by atoms with van der Waals surface area (Å²) < 4.78 is 28.6. The molecule has 1 atom stereocenters. The summed E-state index contributed by atoms with van der Waals surface area (Å²) in [7, 11) is 0. The van der Waals surface area contributed by atoms with E-state index in [4.69, 9.17) is 0 Å². The molecule has 2 amide bonds. The average Bonchev–Trinajstić information content (AvgIpc) is 3.34. The Balaban J connectivity index is 1.42. The molecule has 6 nitrogen and oxygen atoms in total. The molecule has 0 saturated carbocycles. The Morgan fingerprint density at radius 1 is 1.19 bits per heavy atom. The third-order valence-electron chi connectivity index (χ3n) is 5.23. The number of likely N-dealkylation sites (tertiary alicyclic amines) is 1. The van der Waals surface area contributed by atoms with Gasteiger partial charge in [-0.2, -0.15) is 5.10 Å². The van der Waals surface area contributed by atoms with Crippen molar-refractivity contribution in [3.63, 3.8) is 0 Å². The van der Waals surface area contributed by atoms with E-state index in [9.17, 15) is 13.6 Å². The summed E-state index contributed by atoms with van der Waals surface area (Å²) >= 11 is 0. The van der Waals surface area contributed by atoms with Crippen LogP contribution < -0.4 is 5.32 Å². The van der Waals surface area contributed by atoms with Gasteiger partial charge in [0.15, 0.2) is 11.6 Å². The third-order valence-corrected chi connectivity index (χ3v) is 5.23. The van der Waals surface area contributed by atoms with Crippen LogP contribution in [0.4, 0.5) is 13.6 Å². The smallest absolute Gasteiger partial charge is 0.317 e. The number of halogens is 2. The van der Waals surface area contributed by atoms with Crippen LogP contribution in [0, 0.1) is 11.6 Å². The average molecular weight is 375 g/mol. The standard InChI is InChI=1S/C19H23F2N5O/c20-17-4-3-14(9-18(17)21)11-24-12-15-5-6-23-26(15)16(13-24)10-22-19(27)25-7-1-2-8-25/h3-6,9,16H,1-2,7-8,10-13H2,(H,22,27)/t16-/m0/s1. The molecule has 0 spiro atoms. The molecule has 8 heteroatoms. The lowest BCUT2D eigenvalue weighted by Gasteiger charge is -2.34. The van der Waals surface area contributed by atoms with E-state index in [0.717, 1.165) is 43.3 Å². The van der Waals surface area contributed by atoms with Gasteiger partial charge in [-0.05, 0) is 36.6 Å². The van der Waals surface area contributed by atoms with Crippen LogP contribution in [0.1, 0.15) is 30.1 Å². The highest BCUT2D eigenvalue weighted by molar-refractivity contribution is 5.74. The molecule has 27 heavy (non-hydrogen) atoms. The van der Waals surface area contributed by atoms with Gasteiger partial charge in [0.2, 0.25) is 0 Å². The maximum atomic E-state index is 13.5. The highest BCUT2D eigenvalue weighted by Crippen LogP contribution is 2.22. The Hall–Kier alpha value is -2.48. The van der Waals surface area contributed by atoms with Gasteiger partial charge in [-0.3, -0.25) is 9.58 Å². The predicted molar refractivity (Wildman–Crippen MR) is 95.9 cm³/mol. The van der Waals surface area contributed by atoms with Crippen molar-refractivity contribution >= 4 is 6.03 Å². The number of rotatable bonds is 4. The van der Waals surface area contributed by atoms with Crippen LogP contribution in [-0.4, -0.2) is 51.8 Å². The van der Waals surface area contributed by atoms with Gasteiger partial charge in [-0.1, -0.05) is 6.07 Å². The molecule has 1 N–H and O–H groups in total. The zero-order chi connectivity index (χ0) is 18.8. The Kier molecular flexibility index (Phi) is 5.07. The van der Waals surface area contributed by atoms with Crippen LogP contribution >= 0.6 is 0 Å². The van der Waals surface area contributed by atoms with E-state index in [1.807, 2.05) is 15.6 Å². The molecule has 0 bridgehead atoms. The van der Waals surface area contributed by atoms with Crippen LogP contribution in [0.2, 0.25) is 0 Å². The molecule has 0 radical (unpaired) electrons. The zero-order valence-electron chi connectivity index (χ0n) is 15.1. The van der Waals surface area contributed by atoms with Crippen molar-refractivity contribution in [1.82, 2.24) is 24.9 Å². The number of carbonyl (C=O) groups is 1. The molecule has 2 aliphatic heterocycles. The number of nitrogens with one attached hydrogen (secondary N) is 1. The van der Waals surface area contributed by atoms with Gasteiger partial charge < -0.3 is 10.2 Å². The molecule has 1 aromatic carbocycles. The predicted octanol–water partition coefficient (Wildman–Crippen LogP) is 2.52. The SMILES string of the molecule is O=C(NC[C@H]1CN(Cc2ccc(F)c(F)c2)Cc2ccnn21)N1CCCC1. The summed E-state index contributed by atoms with van der Waals surface area (Å²) in [6.07, 6.45) is 3.87. The first-order valence-electron chi connectivity index (χ1n) is 9.31. The van der Waals surface area contributed by atoms with Crippen molar-refractivity contribution in [1.29, 1.82) is 0 Å². The lowest BCUT2D eigenvalue weighted by atomic mass is 10.1. The largest absolute Gasteiger partial charge is 0.336 e. The van der Waals surface area contributed by atoms with E-state index in [1.54, 1.807) is 12.3 Å². The lowest BCUT2D eigenvalue weighted by molar-refractivity contribution is 0.161. The summed E-state index contributed by atoms with van der Waals surface area (Å²) in [6, 6.07) is 5.93. The number of carbonyl (C=O) groups excluding carboxylic acids is 1. The second-order valence-electron chi connectivity index (χ2n) is 7.22. The number of urea groups is 1. The third kappa shape index (κ3) is 3.95. The fraction of sp³-hybridized carbons (Fsp3) is 0.474. The van der Waals surface area contributed by atoms with Gasteiger partial charge in [-0.15, -0.1) is 0 Å². The molecule has 1 fully saturated rings. The molecule has 2 aliphatic rings. The molecule has 144 valence electrons. The monoisotopic (exact) mass is 375 g/mol. The molecule has 1 saturated heterocycles. The Labute approximate surface area is 156 Å². The van der Waals surface area contributed by atoms with Gasteiger partial charge in [-0.25, -0.2) is 13.6 Å². The van der Waals surface area contributed by atoms with Crippen molar-refractivity contribution in [2.45, 2.75) is 32.0 Å². The highest BCUT2D eigenvalue weighted by atomic mass is 19.2. The molecular formula is C19H23F2N5O. The lowest BCUT2D eigenvalue weighted by Crippen LogP contribution is -2.45. The van der Waals surface area contributed by atoms with Gasteiger partial charge >= 0.3 is 6.03 Å². The fourth-order valence-corrected chi connectivity index (χ4v) is 3.87. The molecule has 1 aromatic heterocycles. The van der Waals surface area contributed by atoms with E-state index >= 15 is 0 Å². The zero-order valence-corrected chi connectivity index (χ0v) is 15.1. The van der Waals surface area contributed by atoms with Crippen LogP contribution in [0.25, 0.3) is 0 Å². The number of fused-ring (bicyclic) bond motifs is 1. The second kappa shape index (κ2) is 7.64. The van der Waals surface area contributed by atoms with Crippen LogP contribution in [-0.2, 0) is 13.1 Å². The van der Waals surface area contributed by atoms with E-state index in [-0.39, 0.29) is 12.1 Å². The second-order valence-corrected chi connectivity index (χ2v) is 7.22. The molecule has 2 aromatic rings. The number of aromatic nitrogens is 2. The first kappa shape index (κ1) is 17.9. The van der Waals surface area contributed by atoms with E-state index in [2.05, 4.69) is 15.3 Å². The minimum Gasteiger partial charge on any atom is -0.336 e. The number of benzene rings is 1. The Morgan fingerprint density at radius 2 is 2.00 bits per heavy atom. The molecule has 0 unspecified atom stereocenters. The maximum Gasteiger partial charge on any atom is 0.317 e. The highest BCUT2D eigenvalue weighted by Gasteiger charge is 2.27. The number of amides is 2. The van der Waals surface area contributed by atoms with Gasteiger partial charge in [0, 0.05) is 45.5 Å². The van der Waals surface area contributed by atoms with Crippen LogP contribution in [0.5, 0.6) is 0 Å². The van der Waals surface area contributed by atoms with Crippen molar-refractivity contribution in [3.05, 3.63) is 53.4 Å². The fourth-order valence-electron chi connectivity index (χ4n) is 3.87. The summed E-state index contributed by atoms with van der Waals surface area (Å²) in [5, 5.41) is 7.41. The summed E-state index contributed by atoms with van der Waals surface area (Å²) in [5.74, 6) is -1.66. The van der Waals surface area contributed by atoms with Crippen LogP contribution in [0.15, 0.2) is 30.5 Å². The van der Waals surface area contributed by atoms with Crippen molar-refractivity contribution in [2.75, 3.05) is 26.2 Å². The van der Waals surface area contributed by atoms with Crippen molar-refractivity contribution in [2.24, 2.45) is 0 Å². The van der Waals surface area contributed by atoms with Gasteiger partial charge in [0.05, 0.1) is 11.7 Å². The van der Waals surface area contributed by atoms with Crippen LogP contribution in [0.3, 0.4) is 0 Å². The van der Waals surface area contributed by atoms with E-state index in [1.165, 1.54) is 6.07 Å². The topological polar surface area (TPSA) is 53.4 Å². The summed E-state index contributed by atoms with van der Waals surface area (Å²) in [4.78, 5) is 16.3. The van der Waals surface area contributed by atoms with E-state index in [0.29, 0.717) is 26.2 Å². The number of hydrogen-bond donors (Lipinski definition) is 1. The molecule has 4 rings (SSSR count). The molecule has 3 heterocycles. The Bertz CT molecular complexity index is 818. The Morgan fingerprint density at radius 3 is 2.78 bits per heavy atom. The minimum atomic E-state index is -0.835. The van der Waals surface area contributed by atoms with E-state index < -0.39 is 11.6 Å². The quantitative estimate of drug-likeness (QED) is 0.894. The normalized spacial score (nSPS) is 19.9. The minimum absolute atomic E-state index is 0.000554. The number of nitrogens with zero attached hydrogens (tertiary/aromatic N) is 4. The van der Waals surface area contributed by atoms with Gasteiger partial charge in [0.1, 0.15) is 0 Å². The first-order valence-corrected chi connectivity index (χ1v) is 9.31. The molecule has 0 aliphatic carbocycles. The van der Waals surface area contributed by atoms with Crippen molar-refractivity contribution < 1.29 is 13.6 Å². The molecular weight excluding hydrogens is 352 g/mol. The first-order chi connectivity index (χ1) is 13.1. The maximum absolute atomic E-state index is 13.5. The number of hydrogen-bond acceptors (Lipinski definition) is 3. The van der Waals surface area contributed by atoms with Gasteiger partial charge in [0.25, 0.3) is 0 Å².